The number of rotatable bonds is 3. The zero-order valence-corrected chi connectivity index (χ0v) is 9.07. The van der Waals surface area contributed by atoms with Gasteiger partial charge in [0, 0.05) is 5.33 Å². The maximum Gasteiger partial charge on any atom is 0.224 e. The second kappa shape index (κ2) is 4.37. The first-order valence-corrected chi connectivity index (χ1v) is 5.42. The van der Waals surface area contributed by atoms with Crippen LogP contribution in [0.4, 0.5) is 0 Å². The van der Waals surface area contributed by atoms with Gasteiger partial charge in [-0.2, -0.15) is 0 Å². The summed E-state index contributed by atoms with van der Waals surface area (Å²) in [5, 5.41) is 1.75. The number of hydrogen-bond acceptors (Lipinski definition) is 3. The molecule has 1 aromatic heterocycles. The highest BCUT2D eigenvalue weighted by atomic mass is 79.9. The van der Waals surface area contributed by atoms with Gasteiger partial charge in [-0.3, -0.25) is 0 Å². The average Bonchev–Trinajstić information content (AvgIpc) is 2.26. The van der Waals surface area contributed by atoms with Crippen molar-refractivity contribution in [3.63, 3.8) is 0 Å². The molecule has 3 nitrogen and oxygen atoms in total. The minimum atomic E-state index is 0.612. The summed E-state index contributed by atoms with van der Waals surface area (Å²) in [6.07, 6.45) is 1.52. The molecule has 0 aliphatic rings. The third kappa shape index (κ3) is 1.85. The topological polar surface area (TPSA) is 35.0 Å². The Morgan fingerprint density at radius 1 is 1.21 bits per heavy atom. The van der Waals surface area contributed by atoms with E-state index in [2.05, 4.69) is 25.9 Å². The Balaban J connectivity index is 2.43. The second-order valence-corrected chi connectivity index (χ2v) is 3.53. The fourth-order valence-corrected chi connectivity index (χ4v) is 1.39. The predicted molar refractivity (Wildman–Crippen MR) is 58.8 cm³/mol. The third-order valence-electron chi connectivity index (χ3n) is 1.82. The highest BCUT2D eigenvalue weighted by Crippen LogP contribution is 2.20. The van der Waals surface area contributed by atoms with Gasteiger partial charge in [-0.1, -0.05) is 28.1 Å². The highest BCUT2D eigenvalue weighted by Gasteiger charge is 2.02. The fourth-order valence-electron chi connectivity index (χ4n) is 1.23. The largest absolute Gasteiger partial charge is 0.476 e. The summed E-state index contributed by atoms with van der Waals surface area (Å²) < 4.78 is 5.47. The van der Waals surface area contributed by atoms with Gasteiger partial charge < -0.3 is 4.74 Å². The standard InChI is InChI=1S/C10H9BrN2O/c11-5-6-14-10-8-3-1-2-4-9(8)12-7-13-10/h1-4,7H,5-6H2. The SMILES string of the molecule is BrCCOc1ncnc2ccccc12. The molecule has 0 aliphatic carbocycles. The maximum absolute atomic E-state index is 5.47. The van der Waals surface area contributed by atoms with E-state index in [1.54, 1.807) is 0 Å². The lowest BCUT2D eigenvalue weighted by Gasteiger charge is -2.05. The van der Waals surface area contributed by atoms with Gasteiger partial charge in [0.2, 0.25) is 5.88 Å². The Labute approximate surface area is 90.3 Å². The van der Waals surface area contributed by atoms with Crippen molar-refractivity contribution in [3.05, 3.63) is 30.6 Å². The van der Waals surface area contributed by atoms with E-state index >= 15 is 0 Å². The lowest BCUT2D eigenvalue weighted by Crippen LogP contribution is -2.00. The van der Waals surface area contributed by atoms with Gasteiger partial charge in [0.15, 0.2) is 0 Å². The van der Waals surface area contributed by atoms with Crippen LogP contribution >= 0.6 is 15.9 Å². The molecule has 1 heterocycles. The van der Waals surface area contributed by atoms with Crippen molar-refractivity contribution in [2.45, 2.75) is 0 Å². The van der Waals surface area contributed by atoms with Gasteiger partial charge in [0.25, 0.3) is 0 Å². The van der Waals surface area contributed by atoms with Crippen LogP contribution in [0.3, 0.4) is 0 Å². The second-order valence-electron chi connectivity index (χ2n) is 2.73. The number of fused-ring (bicyclic) bond motifs is 1. The monoisotopic (exact) mass is 252 g/mol. The number of hydrogen-bond donors (Lipinski definition) is 0. The summed E-state index contributed by atoms with van der Waals surface area (Å²) in [7, 11) is 0. The van der Waals surface area contributed by atoms with E-state index in [9.17, 15) is 0 Å². The summed E-state index contributed by atoms with van der Waals surface area (Å²) in [6, 6.07) is 7.80. The molecule has 0 N–H and O–H groups in total. The summed E-state index contributed by atoms with van der Waals surface area (Å²) in [5.41, 5.74) is 0.909. The van der Waals surface area contributed by atoms with Crippen molar-refractivity contribution in [1.82, 2.24) is 9.97 Å². The molecule has 0 saturated heterocycles. The van der Waals surface area contributed by atoms with Gasteiger partial charge >= 0.3 is 0 Å². The summed E-state index contributed by atoms with van der Waals surface area (Å²) in [6.45, 7) is 0.612. The van der Waals surface area contributed by atoms with E-state index < -0.39 is 0 Å². The van der Waals surface area contributed by atoms with Crippen molar-refractivity contribution in [1.29, 1.82) is 0 Å². The number of ether oxygens (including phenoxy) is 1. The van der Waals surface area contributed by atoms with Crippen LogP contribution < -0.4 is 4.74 Å². The zero-order valence-electron chi connectivity index (χ0n) is 7.48. The van der Waals surface area contributed by atoms with Crippen LogP contribution in [0, 0.1) is 0 Å². The van der Waals surface area contributed by atoms with Gasteiger partial charge in [0.05, 0.1) is 17.5 Å². The molecular weight excluding hydrogens is 244 g/mol. The predicted octanol–water partition coefficient (Wildman–Crippen LogP) is 2.40. The first-order chi connectivity index (χ1) is 6.92. The molecule has 0 radical (unpaired) electrons. The maximum atomic E-state index is 5.47. The molecule has 0 unspecified atom stereocenters. The molecule has 0 bridgehead atoms. The quantitative estimate of drug-likeness (QED) is 0.788. The molecule has 0 aliphatic heterocycles. The summed E-state index contributed by atoms with van der Waals surface area (Å²) in [5.74, 6) is 0.648. The Morgan fingerprint density at radius 2 is 2.07 bits per heavy atom. The van der Waals surface area contributed by atoms with Crippen LogP contribution in [-0.4, -0.2) is 21.9 Å². The van der Waals surface area contributed by atoms with E-state index in [4.69, 9.17) is 4.74 Å². The summed E-state index contributed by atoms with van der Waals surface area (Å²) in [4.78, 5) is 8.24. The Hall–Kier alpha value is -1.16. The molecular formula is C10H9BrN2O. The van der Waals surface area contributed by atoms with Crippen LogP contribution in [-0.2, 0) is 0 Å². The van der Waals surface area contributed by atoms with Gasteiger partial charge in [-0.25, -0.2) is 9.97 Å². The molecule has 1 aromatic carbocycles. The van der Waals surface area contributed by atoms with Gasteiger partial charge in [-0.15, -0.1) is 0 Å². The molecule has 2 rings (SSSR count). The van der Waals surface area contributed by atoms with Crippen molar-refractivity contribution in [3.8, 4) is 5.88 Å². The van der Waals surface area contributed by atoms with E-state index in [-0.39, 0.29) is 0 Å². The molecule has 0 atom stereocenters. The average molecular weight is 253 g/mol. The fraction of sp³-hybridized carbons (Fsp3) is 0.200. The number of nitrogens with zero attached hydrogens (tertiary/aromatic N) is 2. The molecule has 72 valence electrons. The van der Waals surface area contributed by atoms with E-state index in [1.807, 2.05) is 24.3 Å². The molecule has 14 heavy (non-hydrogen) atoms. The summed E-state index contributed by atoms with van der Waals surface area (Å²) >= 11 is 3.30. The normalized spacial score (nSPS) is 10.4. The Kier molecular flexibility index (Phi) is 2.93. The van der Waals surface area contributed by atoms with E-state index in [1.165, 1.54) is 6.33 Å². The van der Waals surface area contributed by atoms with E-state index in [0.29, 0.717) is 12.5 Å². The molecule has 0 spiro atoms. The Morgan fingerprint density at radius 3 is 2.93 bits per heavy atom. The number of halogens is 1. The smallest absolute Gasteiger partial charge is 0.224 e. The van der Waals surface area contributed by atoms with Crippen LogP contribution in [0.15, 0.2) is 30.6 Å². The van der Waals surface area contributed by atoms with Crippen molar-refractivity contribution in [2.24, 2.45) is 0 Å². The Bertz CT molecular complexity index is 428. The number of benzene rings is 1. The minimum Gasteiger partial charge on any atom is -0.476 e. The first-order valence-electron chi connectivity index (χ1n) is 4.30. The molecule has 2 aromatic rings. The van der Waals surface area contributed by atoms with Gasteiger partial charge in [0.1, 0.15) is 6.33 Å². The highest BCUT2D eigenvalue weighted by molar-refractivity contribution is 9.09. The van der Waals surface area contributed by atoms with Crippen LogP contribution in [0.2, 0.25) is 0 Å². The molecule has 4 heteroatoms. The van der Waals surface area contributed by atoms with Crippen LogP contribution in [0.1, 0.15) is 0 Å². The van der Waals surface area contributed by atoms with Crippen LogP contribution in [0.25, 0.3) is 10.9 Å². The molecule has 0 fully saturated rings. The third-order valence-corrected chi connectivity index (χ3v) is 2.15. The van der Waals surface area contributed by atoms with Crippen LogP contribution in [0.5, 0.6) is 5.88 Å². The number of alkyl halides is 1. The lowest BCUT2D eigenvalue weighted by molar-refractivity contribution is 0.335. The van der Waals surface area contributed by atoms with Gasteiger partial charge in [-0.05, 0) is 12.1 Å². The number of aromatic nitrogens is 2. The minimum absolute atomic E-state index is 0.612. The van der Waals surface area contributed by atoms with Crippen molar-refractivity contribution >= 4 is 26.8 Å². The number of para-hydroxylation sites is 1. The van der Waals surface area contributed by atoms with Crippen molar-refractivity contribution in [2.75, 3.05) is 11.9 Å². The lowest BCUT2D eigenvalue weighted by atomic mass is 10.2. The zero-order chi connectivity index (χ0) is 9.80. The van der Waals surface area contributed by atoms with Crippen molar-refractivity contribution < 1.29 is 4.74 Å². The molecule has 0 saturated carbocycles. The first kappa shape index (κ1) is 9.40. The molecule has 0 amide bonds. The van der Waals surface area contributed by atoms with E-state index in [0.717, 1.165) is 16.2 Å².